The van der Waals surface area contributed by atoms with Crippen LogP contribution in [0.5, 0.6) is 5.75 Å². The second kappa shape index (κ2) is 5.38. The van der Waals surface area contributed by atoms with E-state index in [4.69, 9.17) is 4.74 Å². The number of nitrogens with zero attached hydrogens (tertiary/aromatic N) is 3. The van der Waals surface area contributed by atoms with E-state index >= 15 is 0 Å². The maximum absolute atomic E-state index is 11.4. The van der Waals surface area contributed by atoms with Crippen molar-refractivity contribution in [3.8, 4) is 17.1 Å². The topological polar surface area (TPSA) is 97.8 Å². The van der Waals surface area contributed by atoms with E-state index in [1.165, 1.54) is 19.7 Å². The summed E-state index contributed by atoms with van der Waals surface area (Å²) in [6, 6.07) is 5.23. The molecule has 114 valence electrons. The monoisotopic (exact) mass is 318 g/mol. The predicted molar refractivity (Wildman–Crippen MR) is 82.2 cm³/mol. The fraction of sp³-hybridized carbons (Fsp3) is 0.214. The average molecular weight is 318 g/mol. The Morgan fingerprint density at radius 2 is 2.14 bits per heavy atom. The number of rotatable bonds is 4. The summed E-state index contributed by atoms with van der Waals surface area (Å²) < 4.78 is 28.2. The molecule has 0 amide bonds. The summed E-state index contributed by atoms with van der Waals surface area (Å²) >= 11 is 0. The van der Waals surface area contributed by atoms with Gasteiger partial charge in [0.2, 0.25) is 0 Å². The van der Waals surface area contributed by atoms with Gasteiger partial charge in [0.25, 0.3) is 0 Å². The van der Waals surface area contributed by atoms with Gasteiger partial charge in [-0.1, -0.05) is 6.07 Å². The van der Waals surface area contributed by atoms with Crippen LogP contribution in [0.4, 0.5) is 0 Å². The van der Waals surface area contributed by atoms with Crippen LogP contribution in [-0.4, -0.2) is 41.7 Å². The zero-order chi connectivity index (χ0) is 15.7. The maximum Gasteiger partial charge on any atom is 0.181 e. The quantitative estimate of drug-likeness (QED) is 0.784. The highest BCUT2D eigenvalue weighted by atomic mass is 32.2. The van der Waals surface area contributed by atoms with Crippen molar-refractivity contribution in [1.29, 1.82) is 0 Å². The van der Waals surface area contributed by atoms with E-state index in [2.05, 4.69) is 19.9 Å². The maximum atomic E-state index is 11.4. The second-order valence-corrected chi connectivity index (χ2v) is 7.09. The molecule has 0 aliphatic rings. The molecule has 22 heavy (non-hydrogen) atoms. The van der Waals surface area contributed by atoms with Crippen molar-refractivity contribution in [2.24, 2.45) is 0 Å². The van der Waals surface area contributed by atoms with Crippen LogP contribution in [0.3, 0.4) is 0 Å². The third-order valence-electron chi connectivity index (χ3n) is 3.11. The molecule has 2 aromatic heterocycles. The first-order valence-electron chi connectivity index (χ1n) is 6.47. The van der Waals surface area contributed by atoms with E-state index in [1.807, 2.05) is 0 Å². The molecule has 0 fully saturated rings. The molecule has 0 saturated carbocycles. The minimum absolute atomic E-state index is 0.0325. The molecule has 8 heteroatoms. The highest BCUT2D eigenvalue weighted by molar-refractivity contribution is 7.89. The van der Waals surface area contributed by atoms with Gasteiger partial charge in [0.05, 0.1) is 24.6 Å². The number of fused-ring (bicyclic) bond motifs is 1. The lowest BCUT2D eigenvalue weighted by atomic mass is 10.1. The summed E-state index contributed by atoms with van der Waals surface area (Å²) in [7, 11) is -1.56. The van der Waals surface area contributed by atoms with Gasteiger partial charge in [0.1, 0.15) is 23.4 Å². The van der Waals surface area contributed by atoms with Gasteiger partial charge < -0.3 is 9.72 Å². The van der Waals surface area contributed by atoms with Crippen molar-refractivity contribution in [1.82, 2.24) is 19.9 Å². The molecule has 0 atom stereocenters. The van der Waals surface area contributed by atoms with E-state index in [1.54, 1.807) is 24.4 Å². The molecule has 0 aliphatic heterocycles. The van der Waals surface area contributed by atoms with Crippen LogP contribution < -0.4 is 4.74 Å². The number of H-pyrrole nitrogens is 1. The Morgan fingerprint density at radius 3 is 2.82 bits per heavy atom. The largest absolute Gasteiger partial charge is 0.496 e. The van der Waals surface area contributed by atoms with Gasteiger partial charge in [-0.05, 0) is 17.7 Å². The summed E-state index contributed by atoms with van der Waals surface area (Å²) in [6.07, 6.45) is 4.27. The minimum Gasteiger partial charge on any atom is -0.496 e. The normalized spacial score (nSPS) is 11.7. The fourth-order valence-corrected chi connectivity index (χ4v) is 3.00. The van der Waals surface area contributed by atoms with Crippen molar-refractivity contribution >= 4 is 21.0 Å². The fourth-order valence-electron chi connectivity index (χ4n) is 2.21. The third kappa shape index (κ3) is 2.91. The molecule has 2 heterocycles. The Labute approximate surface area is 127 Å². The summed E-state index contributed by atoms with van der Waals surface area (Å²) in [4.78, 5) is 15.5. The van der Waals surface area contributed by atoms with Crippen molar-refractivity contribution in [3.63, 3.8) is 0 Å². The smallest absolute Gasteiger partial charge is 0.181 e. The molecule has 0 unspecified atom stereocenters. The zero-order valence-corrected chi connectivity index (χ0v) is 12.9. The van der Waals surface area contributed by atoms with Crippen molar-refractivity contribution in [3.05, 3.63) is 36.3 Å². The summed E-state index contributed by atoms with van der Waals surface area (Å²) in [5, 5.41) is 0. The molecule has 1 N–H and O–H groups in total. The number of imidazole rings is 1. The highest BCUT2D eigenvalue weighted by Crippen LogP contribution is 2.30. The van der Waals surface area contributed by atoms with Crippen LogP contribution >= 0.6 is 0 Å². The van der Waals surface area contributed by atoms with Crippen LogP contribution in [-0.2, 0) is 15.6 Å². The number of aromatic nitrogens is 4. The summed E-state index contributed by atoms with van der Waals surface area (Å²) in [5.41, 5.74) is 2.68. The number of ether oxygens (including phenoxy) is 1. The minimum atomic E-state index is -3.10. The van der Waals surface area contributed by atoms with Gasteiger partial charge in [-0.3, -0.25) is 0 Å². The number of aromatic amines is 1. The van der Waals surface area contributed by atoms with E-state index < -0.39 is 9.84 Å². The molecule has 0 radical (unpaired) electrons. The lowest BCUT2D eigenvalue weighted by Gasteiger charge is -2.08. The molecule has 3 aromatic rings. The van der Waals surface area contributed by atoms with Crippen molar-refractivity contribution in [2.45, 2.75) is 5.75 Å². The van der Waals surface area contributed by atoms with Crippen LogP contribution in [0.1, 0.15) is 5.56 Å². The molecule has 0 spiro atoms. The van der Waals surface area contributed by atoms with Gasteiger partial charge >= 0.3 is 0 Å². The molecule has 1 aromatic carbocycles. The van der Waals surface area contributed by atoms with Crippen molar-refractivity contribution in [2.75, 3.05) is 13.4 Å². The summed E-state index contributed by atoms with van der Waals surface area (Å²) in [5.74, 6) is 1.11. The van der Waals surface area contributed by atoms with Crippen LogP contribution in [0.2, 0.25) is 0 Å². The highest BCUT2D eigenvalue weighted by Gasteiger charge is 2.13. The van der Waals surface area contributed by atoms with Gasteiger partial charge in [-0.2, -0.15) is 0 Å². The number of sulfone groups is 1. The molecule has 0 saturated heterocycles. The number of nitrogens with one attached hydrogen (secondary N) is 1. The first-order chi connectivity index (χ1) is 10.5. The first-order valence-corrected chi connectivity index (χ1v) is 8.53. The van der Waals surface area contributed by atoms with Gasteiger partial charge in [-0.15, -0.1) is 0 Å². The number of benzene rings is 1. The number of hydrogen-bond acceptors (Lipinski definition) is 6. The van der Waals surface area contributed by atoms with E-state index in [-0.39, 0.29) is 5.75 Å². The lowest BCUT2D eigenvalue weighted by Crippen LogP contribution is -2.01. The molecular weight excluding hydrogens is 304 g/mol. The molecule has 0 aliphatic carbocycles. The Morgan fingerprint density at radius 1 is 1.32 bits per heavy atom. The zero-order valence-electron chi connectivity index (χ0n) is 12.1. The molecular formula is C14H14N4O3S. The van der Waals surface area contributed by atoms with Crippen LogP contribution in [0.15, 0.2) is 30.7 Å². The van der Waals surface area contributed by atoms with Crippen LogP contribution in [0, 0.1) is 0 Å². The SMILES string of the molecule is COc1cc(CS(C)(=O)=O)ccc1-c1nc2ncncc2[nH]1. The van der Waals surface area contributed by atoms with Gasteiger partial charge in [0, 0.05) is 6.26 Å². The van der Waals surface area contributed by atoms with E-state index in [9.17, 15) is 8.42 Å². The Bertz CT molecular complexity index is 901. The Hall–Kier alpha value is -2.48. The number of hydrogen-bond donors (Lipinski definition) is 1. The third-order valence-corrected chi connectivity index (χ3v) is 3.97. The number of methoxy groups -OCH3 is 1. The van der Waals surface area contributed by atoms with Gasteiger partial charge in [0.15, 0.2) is 15.5 Å². The Kier molecular flexibility index (Phi) is 3.53. The lowest BCUT2D eigenvalue weighted by molar-refractivity contribution is 0.416. The predicted octanol–water partition coefficient (Wildman–Crippen LogP) is 1.57. The Balaban J connectivity index is 2.06. The standard InChI is InChI=1S/C14H14N4O3S/c1-21-12-5-9(7-22(2,19)20)3-4-10(12)13-17-11-6-15-8-16-14(11)18-13/h3-6,8H,7H2,1-2H3,(H,15,16,17,18). The van der Waals surface area contributed by atoms with Gasteiger partial charge in [-0.25, -0.2) is 23.4 Å². The van der Waals surface area contributed by atoms with Crippen molar-refractivity contribution < 1.29 is 13.2 Å². The van der Waals surface area contributed by atoms with Crippen LogP contribution in [0.25, 0.3) is 22.6 Å². The first kappa shape index (κ1) is 14.5. The molecule has 7 nitrogen and oxygen atoms in total. The van der Waals surface area contributed by atoms with E-state index in [0.717, 1.165) is 11.1 Å². The molecule has 3 rings (SSSR count). The second-order valence-electron chi connectivity index (χ2n) is 4.95. The summed E-state index contributed by atoms with van der Waals surface area (Å²) in [6.45, 7) is 0. The average Bonchev–Trinajstić information content (AvgIpc) is 2.89. The van der Waals surface area contributed by atoms with E-state index in [0.29, 0.717) is 22.8 Å². The molecule has 0 bridgehead atoms.